The van der Waals surface area contributed by atoms with Crippen LogP contribution in [0.3, 0.4) is 0 Å². The molecule has 1 atom stereocenters. The highest BCUT2D eigenvalue weighted by molar-refractivity contribution is 5.63. The molecule has 3 rings (SSSR count). The molecule has 2 heteroatoms. The van der Waals surface area contributed by atoms with Crippen molar-refractivity contribution in [2.45, 2.75) is 25.4 Å². The van der Waals surface area contributed by atoms with Crippen LogP contribution in [0.15, 0.2) is 58.4 Å². The Labute approximate surface area is 94.6 Å². The molecule has 0 fully saturated rings. The maximum atomic E-state index is 9.99. The van der Waals surface area contributed by atoms with Crippen LogP contribution >= 0.6 is 0 Å². The maximum Gasteiger partial charge on any atom is 0.123 e. The molecule has 0 aromatic carbocycles. The standard InChI is InChI=1S/C14H14O2/c15-12-4-2-1-3-11-10(12)7-5-9-6-8-13(16)14(9)11/h1-4,7,13,15-16H,5-6,8H2. The average molecular weight is 214 g/mol. The summed E-state index contributed by atoms with van der Waals surface area (Å²) in [5.74, 6) is 0.297. The fraction of sp³-hybridized carbons (Fsp3) is 0.286. The van der Waals surface area contributed by atoms with Gasteiger partial charge in [0, 0.05) is 5.57 Å². The zero-order valence-corrected chi connectivity index (χ0v) is 8.98. The smallest absolute Gasteiger partial charge is 0.123 e. The van der Waals surface area contributed by atoms with Crippen LogP contribution in [-0.2, 0) is 0 Å². The zero-order valence-electron chi connectivity index (χ0n) is 8.98. The van der Waals surface area contributed by atoms with Crippen molar-refractivity contribution >= 4 is 0 Å². The van der Waals surface area contributed by atoms with E-state index in [9.17, 15) is 10.2 Å². The Balaban J connectivity index is 2.12. The predicted molar refractivity (Wildman–Crippen MR) is 62.9 cm³/mol. The first kappa shape index (κ1) is 9.67. The van der Waals surface area contributed by atoms with Crippen molar-refractivity contribution in [1.29, 1.82) is 0 Å². The number of hydrogen-bond acceptors (Lipinski definition) is 2. The van der Waals surface area contributed by atoms with Gasteiger partial charge in [-0.05, 0) is 36.5 Å². The van der Waals surface area contributed by atoms with Crippen LogP contribution in [0, 0.1) is 0 Å². The summed E-state index contributed by atoms with van der Waals surface area (Å²) in [7, 11) is 0. The Hall–Kier alpha value is -1.54. The second kappa shape index (κ2) is 3.49. The van der Waals surface area contributed by atoms with Gasteiger partial charge in [-0.3, -0.25) is 0 Å². The molecule has 0 saturated heterocycles. The van der Waals surface area contributed by atoms with Gasteiger partial charge in [0.25, 0.3) is 0 Å². The van der Waals surface area contributed by atoms with Gasteiger partial charge in [-0.2, -0.15) is 0 Å². The molecular formula is C14H14O2. The summed E-state index contributed by atoms with van der Waals surface area (Å²) in [6.07, 6.45) is 11.8. The van der Waals surface area contributed by atoms with Crippen molar-refractivity contribution in [3.63, 3.8) is 0 Å². The minimum absolute atomic E-state index is 0.297. The van der Waals surface area contributed by atoms with Gasteiger partial charge >= 0.3 is 0 Å². The fourth-order valence-electron chi connectivity index (χ4n) is 2.70. The highest BCUT2D eigenvalue weighted by Crippen LogP contribution is 2.42. The fourth-order valence-corrected chi connectivity index (χ4v) is 2.70. The third-order valence-electron chi connectivity index (χ3n) is 3.47. The van der Waals surface area contributed by atoms with Gasteiger partial charge in [-0.1, -0.05) is 29.9 Å². The molecule has 0 heterocycles. The molecule has 3 aliphatic rings. The van der Waals surface area contributed by atoms with E-state index < -0.39 is 0 Å². The summed E-state index contributed by atoms with van der Waals surface area (Å²) in [6, 6.07) is 0. The predicted octanol–water partition coefficient (Wildman–Crippen LogP) is 2.71. The second-order valence-electron chi connectivity index (χ2n) is 4.41. The lowest BCUT2D eigenvalue weighted by Crippen LogP contribution is -2.12. The summed E-state index contributed by atoms with van der Waals surface area (Å²) in [5.41, 5.74) is 4.23. The van der Waals surface area contributed by atoms with Crippen LogP contribution in [0.4, 0.5) is 0 Å². The van der Waals surface area contributed by atoms with E-state index in [4.69, 9.17) is 0 Å². The first-order valence-electron chi connectivity index (χ1n) is 5.66. The van der Waals surface area contributed by atoms with E-state index in [0.717, 1.165) is 36.0 Å². The number of rotatable bonds is 0. The van der Waals surface area contributed by atoms with Crippen molar-refractivity contribution in [2.75, 3.05) is 0 Å². The van der Waals surface area contributed by atoms with E-state index in [1.807, 2.05) is 18.2 Å². The van der Waals surface area contributed by atoms with E-state index in [1.54, 1.807) is 6.08 Å². The SMILES string of the molecule is OC1=CC=CC=C2C1=CCC1=C2C(O)CC1. The first-order valence-corrected chi connectivity index (χ1v) is 5.66. The highest BCUT2D eigenvalue weighted by atomic mass is 16.3. The zero-order chi connectivity index (χ0) is 11.1. The molecule has 82 valence electrons. The summed E-state index contributed by atoms with van der Waals surface area (Å²) < 4.78 is 0. The first-order chi connectivity index (χ1) is 7.77. The molecule has 1 unspecified atom stereocenters. The Morgan fingerprint density at radius 3 is 2.81 bits per heavy atom. The quantitative estimate of drug-likeness (QED) is 0.651. The van der Waals surface area contributed by atoms with E-state index >= 15 is 0 Å². The molecule has 2 nitrogen and oxygen atoms in total. The molecule has 2 N–H and O–H groups in total. The van der Waals surface area contributed by atoms with Crippen molar-refractivity contribution < 1.29 is 10.2 Å². The number of hydrogen-bond donors (Lipinski definition) is 2. The molecule has 0 radical (unpaired) electrons. The van der Waals surface area contributed by atoms with Crippen LogP contribution in [-0.4, -0.2) is 16.3 Å². The van der Waals surface area contributed by atoms with E-state index in [0.29, 0.717) is 5.76 Å². The third kappa shape index (κ3) is 1.30. The monoisotopic (exact) mass is 214 g/mol. The van der Waals surface area contributed by atoms with E-state index in [1.165, 1.54) is 5.57 Å². The average Bonchev–Trinajstić information content (AvgIpc) is 2.56. The Bertz CT molecular complexity index is 487. The molecule has 0 amide bonds. The van der Waals surface area contributed by atoms with Gasteiger partial charge in [0.05, 0.1) is 6.10 Å². The Morgan fingerprint density at radius 2 is 1.94 bits per heavy atom. The van der Waals surface area contributed by atoms with Gasteiger partial charge in [-0.25, -0.2) is 0 Å². The number of fused-ring (bicyclic) bond motifs is 2. The molecule has 0 aromatic rings. The van der Waals surface area contributed by atoms with Crippen LogP contribution < -0.4 is 0 Å². The largest absolute Gasteiger partial charge is 0.507 e. The summed E-state index contributed by atoms with van der Waals surface area (Å²) in [6.45, 7) is 0. The Kier molecular flexibility index (Phi) is 2.11. The molecule has 0 spiro atoms. The second-order valence-corrected chi connectivity index (χ2v) is 4.41. The molecule has 0 aliphatic heterocycles. The van der Waals surface area contributed by atoms with Gasteiger partial charge in [0.15, 0.2) is 0 Å². The molecule has 16 heavy (non-hydrogen) atoms. The number of aliphatic hydroxyl groups excluding tert-OH is 2. The van der Waals surface area contributed by atoms with Crippen molar-refractivity contribution in [2.24, 2.45) is 0 Å². The van der Waals surface area contributed by atoms with Crippen molar-refractivity contribution in [3.8, 4) is 0 Å². The van der Waals surface area contributed by atoms with Crippen LogP contribution in [0.5, 0.6) is 0 Å². The number of allylic oxidation sites excluding steroid dienone is 7. The lowest BCUT2D eigenvalue weighted by atomic mass is 9.86. The lowest BCUT2D eigenvalue weighted by molar-refractivity contribution is 0.214. The highest BCUT2D eigenvalue weighted by Gasteiger charge is 2.30. The van der Waals surface area contributed by atoms with Gasteiger partial charge in [-0.15, -0.1) is 0 Å². The Morgan fingerprint density at radius 1 is 1.12 bits per heavy atom. The molecule has 3 aliphatic carbocycles. The van der Waals surface area contributed by atoms with Gasteiger partial charge in [0.1, 0.15) is 5.76 Å². The minimum atomic E-state index is -0.357. The van der Waals surface area contributed by atoms with Crippen LogP contribution in [0.25, 0.3) is 0 Å². The molecule has 0 aromatic heterocycles. The summed E-state index contributed by atoms with van der Waals surface area (Å²) >= 11 is 0. The van der Waals surface area contributed by atoms with E-state index in [2.05, 4.69) is 6.08 Å². The van der Waals surface area contributed by atoms with Crippen LogP contribution in [0.1, 0.15) is 19.3 Å². The summed E-state index contributed by atoms with van der Waals surface area (Å²) in [4.78, 5) is 0. The molecule has 0 bridgehead atoms. The summed E-state index contributed by atoms with van der Waals surface area (Å²) in [5, 5.41) is 19.9. The van der Waals surface area contributed by atoms with Crippen molar-refractivity contribution in [1.82, 2.24) is 0 Å². The lowest BCUT2D eigenvalue weighted by Gasteiger charge is -2.21. The van der Waals surface area contributed by atoms with E-state index in [-0.39, 0.29) is 6.10 Å². The van der Waals surface area contributed by atoms with Crippen LogP contribution in [0.2, 0.25) is 0 Å². The van der Waals surface area contributed by atoms with Gasteiger partial charge < -0.3 is 10.2 Å². The minimum Gasteiger partial charge on any atom is -0.507 e. The topological polar surface area (TPSA) is 40.5 Å². The normalized spacial score (nSPS) is 27.8. The molecular weight excluding hydrogens is 200 g/mol. The third-order valence-corrected chi connectivity index (χ3v) is 3.47. The number of aliphatic hydroxyl groups is 2. The van der Waals surface area contributed by atoms with Crippen molar-refractivity contribution in [3.05, 3.63) is 58.4 Å². The maximum absolute atomic E-state index is 9.99. The molecule has 0 saturated carbocycles. The van der Waals surface area contributed by atoms with Gasteiger partial charge in [0.2, 0.25) is 0 Å².